The molecule has 0 N–H and O–H groups in total. The van der Waals surface area contributed by atoms with Crippen molar-refractivity contribution in [2.45, 2.75) is 52.4 Å². The predicted octanol–water partition coefficient (Wildman–Crippen LogP) is 7.93. The summed E-state index contributed by atoms with van der Waals surface area (Å²) in [7, 11) is -0.843. The normalized spacial score (nSPS) is 12.2. The van der Waals surface area contributed by atoms with Crippen molar-refractivity contribution in [3.05, 3.63) is 77.9 Å². The molecule has 0 saturated carbocycles. The Balaban J connectivity index is 2.38. The molecule has 3 aromatic carbocycles. The van der Waals surface area contributed by atoms with Gasteiger partial charge in [0.1, 0.15) is 0 Å². The summed E-state index contributed by atoms with van der Waals surface area (Å²) in [5, 5.41) is 0. The van der Waals surface area contributed by atoms with Gasteiger partial charge >= 0.3 is 8.69 Å². The van der Waals surface area contributed by atoms with Gasteiger partial charge in [-0.2, -0.15) is 0 Å². The van der Waals surface area contributed by atoms with E-state index in [0.717, 1.165) is 16.7 Å². The minimum atomic E-state index is -0.843. The van der Waals surface area contributed by atoms with E-state index in [4.69, 9.17) is 4.52 Å². The Morgan fingerprint density at radius 2 is 1.28 bits per heavy atom. The number of hydrogen-bond donors (Lipinski definition) is 0. The summed E-state index contributed by atoms with van der Waals surface area (Å²) in [5.41, 5.74) is 6.86. The minimum Gasteiger partial charge on any atom is -0.255 e. The second kappa shape index (κ2) is 8.13. The lowest BCUT2D eigenvalue weighted by molar-refractivity contribution is 0.525. The molecule has 0 aliphatic carbocycles. The first kappa shape index (κ1) is 21.3. The second-order valence-electron chi connectivity index (χ2n) is 9.49. The van der Waals surface area contributed by atoms with Crippen LogP contribution < -0.4 is 4.52 Å². The minimum absolute atomic E-state index is 0.0453. The lowest BCUT2D eigenvalue weighted by Crippen LogP contribution is -2.19. The molecule has 0 aliphatic heterocycles. The molecule has 1 unspecified atom stereocenters. The van der Waals surface area contributed by atoms with Gasteiger partial charge in [-0.25, -0.2) is 0 Å². The zero-order valence-electron chi connectivity index (χ0n) is 18.2. The van der Waals surface area contributed by atoms with E-state index in [2.05, 4.69) is 77.9 Å². The van der Waals surface area contributed by atoms with Gasteiger partial charge in [-0.05, 0) is 55.3 Å². The van der Waals surface area contributed by atoms with Gasteiger partial charge < -0.3 is 0 Å². The summed E-state index contributed by atoms with van der Waals surface area (Å²) in [6.07, 6.45) is 0. The monoisotopic (exact) mass is 405 g/mol. The largest absolute Gasteiger partial charge is 0.542 e. The van der Waals surface area contributed by atoms with Gasteiger partial charge in [-0.15, -0.1) is 0 Å². The van der Waals surface area contributed by atoms with Crippen molar-refractivity contribution in [2.75, 3.05) is 0 Å². The molecule has 29 heavy (non-hydrogen) atoms. The third-order valence-electron chi connectivity index (χ3n) is 5.19. The van der Waals surface area contributed by atoms with Gasteiger partial charge in [0.15, 0.2) is 5.75 Å². The fourth-order valence-electron chi connectivity index (χ4n) is 3.76. The van der Waals surface area contributed by atoms with Crippen molar-refractivity contribution in [3.8, 4) is 28.0 Å². The maximum absolute atomic E-state index is 11.4. The highest BCUT2D eigenvalue weighted by Crippen LogP contribution is 2.45. The first-order chi connectivity index (χ1) is 13.6. The molecule has 0 radical (unpaired) electrons. The van der Waals surface area contributed by atoms with E-state index in [-0.39, 0.29) is 10.8 Å². The number of hydrogen-bond acceptors (Lipinski definition) is 2. The molecule has 0 amide bonds. The van der Waals surface area contributed by atoms with Crippen LogP contribution in [0.3, 0.4) is 0 Å². The highest BCUT2D eigenvalue weighted by atomic mass is 31.1. The van der Waals surface area contributed by atoms with Crippen LogP contribution in [-0.2, 0) is 15.4 Å². The van der Waals surface area contributed by atoms with Gasteiger partial charge in [-0.1, -0.05) is 96.1 Å². The lowest BCUT2D eigenvalue weighted by Gasteiger charge is -2.30. The van der Waals surface area contributed by atoms with Crippen LogP contribution in [0.1, 0.15) is 52.7 Å². The van der Waals surface area contributed by atoms with E-state index in [9.17, 15) is 4.57 Å². The third kappa shape index (κ3) is 4.60. The molecule has 0 heterocycles. The second-order valence-corrected chi connectivity index (χ2v) is 9.86. The van der Waals surface area contributed by atoms with Gasteiger partial charge in [0.2, 0.25) is 0 Å². The average Bonchev–Trinajstić information content (AvgIpc) is 2.67. The van der Waals surface area contributed by atoms with Crippen LogP contribution in [0, 0.1) is 0 Å². The van der Waals surface area contributed by atoms with Crippen molar-refractivity contribution in [2.24, 2.45) is 0 Å². The molecular weight excluding hydrogens is 375 g/mol. The number of rotatable bonds is 4. The van der Waals surface area contributed by atoms with E-state index in [1.165, 1.54) is 16.7 Å². The molecule has 2 nitrogen and oxygen atoms in total. The van der Waals surface area contributed by atoms with Crippen LogP contribution in [0.4, 0.5) is 0 Å². The molecular formula is C26H30O2P+. The van der Waals surface area contributed by atoms with E-state index in [1.807, 2.05) is 30.3 Å². The molecule has 0 aromatic heterocycles. The molecule has 3 heteroatoms. The quantitative estimate of drug-likeness (QED) is 0.412. The average molecular weight is 405 g/mol. The SMILES string of the molecule is CC(C)(C)c1cccc(C(C)(C)C)c1-c1cc(-c2ccccc2)ccc1O[PH+]=O. The Labute approximate surface area is 176 Å². The Hall–Kier alpha value is -2.44. The first-order valence-electron chi connectivity index (χ1n) is 10.0. The summed E-state index contributed by atoms with van der Waals surface area (Å²) in [4.78, 5) is 0. The van der Waals surface area contributed by atoms with Crippen molar-refractivity contribution in [1.82, 2.24) is 0 Å². The van der Waals surface area contributed by atoms with Gasteiger partial charge in [0.05, 0.1) is 0 Å². The van der Waals surface area contributed by atoms with Crippen molar-refractivity contribution in [1.29, 1.82) is 0 Å². The Morgan fingerprint density at radius 1 is 0.690 bits per heavy atom. The van der Waals surface area contributed by atoms with Crippen LogP contribution in [0.25, 0.3) is 22.3 Å². The van der Waals surface area contributed by atoms with Crippen molar-refractivity contribution < 1.29 is 9.09 Å². The van der Waals surface area contributed by atoms with Crippen LogP contribution in [0.5, 0.6) is 5.75 Å². The molecule has 3 aromatic rings. The molecule has 150 valence electrons. The van der Waals surface area contributed by atoms with E-state index in [0.29, 0.717) is 5.75 Å². The van der Waals surface area contributed by atoms with E-state index >= 15 is 0 Å². The molecule has 0 spiro atoms. The summed E-state index contributed by atoms with van der Waals surface area (Å²) < 4.78 is 17.0. The van der Waals surface area contributed by atoms with Crippen LogP contribution in [0.2, 0.25) is 0 Å². The highest BCUT2D eigenvalue weighted by Gasteiger charge is 2.28. The Morgan fingerprint density at radius 3 is 1.79 bits per heavy atom. The maximum atomic E-state index is 11.4. The van der Waals surface area contributed by atoms with Crippen LogP contribution >= 0.6 is 8.69 Å². The summed E-state index contributed by atoms with van der Waals surface area (Å²) in [6.45, 7) is 13.4. The number of benzene rings is 3. The highest BCUT2D eigenvalue weighted by molar-refractivity contribution is 7.17. The zero-order valence-corrected chi connectivity index (χ0v) is 19.2. The van der Waals surface area contributed by atoms with E-state index < -0.39 is 8.69 Å². The summed E-state index contributed by atoms with van der Waals surface area (Å²) >= 11 is 0. The third-order valence-corrected chi connectivity index (χ3v) is 5.49. The lowest BCUT2D eigenvalue weighted by atomic mass is 9.74. The molecule has 0 bridgehead atoms. The van der Waals surface area contributed by atoms with Crippen molar-refractivity contribution >= 4 is 8.69 Å². The standard InChI is InChI=1S/C26H30O2P/c1-25(2,3)21-13-10-14-22(26(4,5)6)24(21)20-17-19(15-16-23(20)28-29-27)18-11-8-7-9-12-18/h7-17,29H,1-6H3/q+1. The Bertz CT molecular complexity index is 977. The smallest absolute Gasteiger partial charge is 0.255 e. The fourth-order valence-corrected chi connectivity index (χ4v) is 4.03. The topological polar surface area (TPSA) is 26.3 Å². The van der Waals surface area contributed by atoms with Crippen molar-refractivity contribution in [3.63, 3.8) is 0 Å². The first-order valence-corrected chi connectivity index (χ1v) is 10.8. The fraction of sp³-hybridized carbons (Fsp3) is 0.308. The van der Waals surface area contributed by atoms with Gasteiger partial charge in [-0.3, -0.25) is 4.52 Å². The van der Waals surface area contributed by atoms with Gasteiger partial charge in [0, 0.05) is 5.56 Å². The Kier molecular flexibility index (Phi) is 5.96. The maximum Gasteiger partial charge on any atom is 0.542 e. The van der Waals surface area contributed by atoms with Crippen LogP contribution in [-0.4, -0.2) is 0 Å². The summed E-state index contributed by atoms with van der Waals surface area (Å²) in [5.74, 6) is 0.653. The van der Waals surface area contributed by atoms with Crippen LogP contribution in [0.15, 0.2) is 66.7 Å². The molecule has 1 atom stereocenters. The zero-order chi connectivity index (χ0) is 21.2. The molecule has 0 saturated heterocycles. The van der Waals surface area contributed by atoms with Gasteiger partial charge in [0.25, 0.3) is 0 Å². The molecule has 0 fully saturated rings. The van der Waals surface area contributed by atoms with E-state index in [1.54, 1.807) is 0 Å². The summed E-state index contributed by atoms with van der Waals surface area (Å²) in [6, 6.07) is 23.0. The predicted molar refractivity (Wildman–Crippen MR) is 124 cm³/mol. The molecule has 3 rings (SSSR count). The molecule has 0 aliphatic rings.